The number of hydroxylamine groups is 1. The molecule has 2 nitrogen and oxygen atoms in total. The number of benzene rings is 1. The number of rotatable bonds is 5. The Morgan fingerprint density at radius 2 is 1.94 bits per heavy atom. The summed E-state index contributed by atoms with van der Waals surface area (Å²) in [5.74, 6) is 0. The molecular weight excluding hydrogens is 198 g/mol. The van der Waals surface area contributed by atoms with Crippen LogP contribution >= 0.6 is 0 Å². The number of hydrogen-bond acceptors (Lipinski definition) is 2. The van der Waals surface area contributed by atoms with E-state index < -0.39 is 0 Å². The Morgan fingerprint density at radius 3 is 2.62 bits per heavy atom. The summed E-state index contributed by atoms with van der Waals surface area (Å²) in [4.78, 5) is 5.69. The summed E-state index contributed by atoms with van der Waals surface area (Å²) in [5.41, 5.74) is 4.53. The highest BCUT2D eigenvalue weighted by Gasteiger charge is 2.16. The van der Waals surface area contributed by atoms with Crippen molar-refractivity contribution in [1.29, 1.82) is 0 Å². The Kier molecular flexibility index (Phi) is 4.37. The third-order valence-corrected chi connectivity index (χ3v) is 3.12. The highest BCUT2D eigenvalue weighted by atomic mass is 16.7. The van der Waals surface area contributed by atoms with Gasteiger partial charge in [0.2, 0.25) is 0 Å². The van der Waals surface area contributed by atoms with Crippen molar-refractivity contribution in [3.05, 3.63) is 35.9 Å². The van der Waals surface area contributed by atoms with Gasteiger partial charge >= 0.3 is 0 Å². The van der Waals surface area contributed by atoms with Crippen LogP contribution in [0.5, 0.6) is 0 Å². The largest absolute Gasteiger partial charge is 0.298 e. The van der Waals surface area contributed by atoms with Crippen molar-refractivity contribution in [2.75, 3.05) is 0 Å². The summed E-state index contributed by atoms with van der Waals surface area (Å²) in [5, 5.41) is 0. The predicted octanol–water partition coefficient (Wildman–Crippen LogP) is 3.08. The van der Waals surface area contributed by atoms with E-state index in [4.69, 9.17) is 4.84 Å². The molecule has 1 fully saturated rings. The van der Waals surface area contributed by atoms with Crippen LogP contribution in [0.3, 0.4) is 0 Å². The van der Waals surface area contributed by atoms with Crippen LogP contribution < -0.4 is 5.48 Å². The van der Waals surface area contributed by atoms with Gasteiger partial charge in [-0.2, -0.15) is 5.48 Å². The fraction of sp³-hybridized carbons (Fsp3) is 0.571. The molecule has 0 spiro atoms. The van der Waals surface area contributed by atoms with E-state index in [2.05, 4.69) is 42.7 Å². The van der Waals surface area contributed by atoms with Crippen molar-refractivity contribution in [2.24, 2.45) is 0 Å². The summed E-state index contributed by atoms with van der Waals surface area (Å²) >= 11 is 0. The summed E-state index contributed by atoms with van der Waals surface area (Å²) in [6.45, 7) is 2.17. The highest BCUT2D eigenvalue weighted by molar-refractivity contribution is 5.15. The second kappa shape index (κ2) is 6.02. The van der Waals surface area contributed by atoms with Gasteiger partial charge in [0.15, 0.2) is 0 Å². The first-order valence-electron chi connectivity index (χ1n) is 6.29. The van der Waals surface area contributed by atoms with E-state index in [1.165, 1.54) is 31.2 Å². The van der Waals surface area contributed by atoms with Crippen LogP contribution in [0, 0.1) is 0 Å². The van der Waals surface area contributed by atoms with Crippen LogP contribution in [0.15, 0.2) is 30.3 Å². The molecule has 0 heterocycles. The van der Waals surface area contributed by atoms with E-state index in [1.54, 1.807) is 0 Å². The SMILES string of the molecule is CC(Cc1ccccc1)NOC1CCCC1. The van der Waals surface area contributed by atoms with Gasteiger partial charge in [0.25, 0.3) is 0 Å². The third kappa shape index (κ3) is 3.62. The van der Waals surface area contributed by atoms with Crippen LogP contribution in [0.1, 0.15) is 38.2 Å². The van der Waals surface area contributed by atoms with Gasteiger partial charge in [0, 0.05) is 6.04 Å². The average Bonchev–Trinajstić information content (AvgIpc) is 2.81. The lowest BCUT2D eigenvalue weighted by atomic mass is 10.1. The zero-order valence-electron chi connectivity index (χ0n) is 9.99. The fourth-order valence-electron chi connectivity index (χ4n) is 2.23. The maximum absolute atomic E-state index is 5.69. The van der Waals surface area contributed by atoms with Crippen LogP contribution in [-0.2, 0) is 11.3 Å². The zero-order chi connectivity index (χ0) is 11.2. The van der Waals surface area contributed by atoms with E-state index in [0.29, 0.717) is 12.1 Å². The van der Waals surface area contributed by atoms with Crippen LogP contribution in [0.2, 0.25) is 0 Å². The van der Waals surface area contributed by atoms with Crippen LogP contribution in [-0.4, -0.2) is 12.1 Å². The minimum Gasteiger partial charge on any atom is -0.298 e. The van der Waals surface area contributed by atoms with Gasteiger partial charge in [-0.05, 0) is 31.7 Å². The maximum atomic E-state index is 5.69. The molecule has 1 N–H and O–H groups in total. The van der Waals surface area contributed by atoms with Crippen molar-refractivity contribution in [3.8, 4) is 0 Å². The lowest BCUT2D eigenvalue weighted by Gasteiger charge is -2.17. The predicted molar refractivity (Wildman–Crippen MR) is 66.1 cm³/mol. The first kappa shape index (κ1) is 11.6. The molecular formula is C14H21NO. The standard InChI is InChI=1S/C14H21NO/c1-12(11-13-7-3-2-4-8-13)15-16-14-9-5-6-10-14/h2-4,7-8,12,14-15H,5-6,9-11H2,1H3. The maximum Gasteiger partial charge on any atom is 0.0790 e. The molecule has 0 aliphatic heterocycles. The molecule has 1 aliphatic carbocycles. The first-order chi connectivity index (χ1) is 7.84. The molecule has 2 rings (SSSR count). The van der Waals surface area contributed by atoms with Gasteiger partial charge in [0.1, 0.15) is 0 Å². The molecule has 16 heavy (non-hydrogen) atoms. The van der Waals surface area contributed by atoms with Crippen LogP contribution in [0.25, 0.3) is 0 Å². The zero-order valence-corrected chi connectivity index (χ0v) is 9.99. The molecule has 0 bridgehead atoms. The molecule has 1 aromatic rings. The molecule has 1 unspecified atom stereocenters. The second-order valence-electron chi connectivity index (χ2n) is 4.73. The Hall–Kier alpha value is -0.860. The normalized spacial score (nSPS) is 18.8. The molecule has 0 saturated heterocycles. The third-order valence-electron chi connectivity index (χ3n) is 3.12. The summed E-state index contributed by atoms with van der Waals surface area (Å²) in [6, 6.07) is 10.9. The van der Waals surface area contributed by atoms with E-state index in [9.17, 15) is 0 Å². The minimum absolute atomic E-state index is 0.378. The van der Waals surface area contributed by atoms with Crippen LogP contribution in [0.4, 0.5) is 0 Å². The lowest BCUT2D eigenvalue weighted by Crippen LogP contribution is -2.31. The lowest BCUT2D eigenvalue weighted by molar-refractivity contribution is -0.0369. The van der Waals surface area contributed by atoms with Gasteiger partial charge in [0.05, 0.1) is 6.10 Å². The van der Waals surface area contributed by atoms with E-state index >= 15 is 0 Å². The molecule has 1 aliphatic rings. The van der Waals surface area contributed by atoms with Gasteiger partial charge in [-0.3, -0.25) is 4.84 Å². The molecule has 0 aromatic heterocycles. The number of nitrogens with one attached hydrogen (secondary N) is 1. The monoisotopic (exact) mass is 219 g/mol. The van der Waals surface area contributed by atoms with E-state index in [-0.39, 0.29) is 0 Å². The quantitative estimate of drug-likeness (QED) is 0.768. The molecule has 0 radical (unpaired) electrons. The number of hydrogen-bond donors (Lipinski definition) is 1. The van der Waals surface area contributed by atoms with E-state index in [1.807, 2.05) is 0 Å². The van der Waals surface area contributed by atoms with Crippen molar-refractivity contribution in [3.63, 3.8) is 0 Å². The average molecular weight is 219 g/mol. The highest BCUT2D eigenvalue weighted by Crippen LogP contribution is 2.20. The smallest absolute Gasteiger partial charge is 0.0790 e. The Bertz CT molecular complexity index is 293. The molecule has 1 saturated carbocycles. The first-order valence-corrected chi connectivity index (χ1v) is 6.29. The molecule has 1 aromatic carbocycles. The second-order valence-corrected chi connectivity index (χ2v) is 4.73. The Labute approximate surface area is 98.0 Å². The fourth-order valence-corrected chi connectivity index (χ4v) is 2.23. The Morgan fingerprint density at radius 1 is 1.25 bits per heavy atom. The van der Waals surface area contributed by atoms with Crippen molar-refractivity contribution in [2.45, 2.75) is 51.2 Å². The molecule has 0 amide bonds. The molecule has 2 heteroatoms. The van der Waals surface area contributed by atoms with Gasteiger partial charge in [-0.15, -0.1) is 0 Å². The minimum atomic E-state index is 0.378. The van der Waals surface area contributed by atoms with Gasteiger partial charge in [-0.1, -0.05) is 43.2 Å². The van der Waals surface area contributed by atoms with Crippen molar-refractivity contribution in [1.82, 2.24) is 5.48 Å². The molecule has 1 atom stereocenters. The topological polar surface area (TPSA) is 21.3 Å². The summed E-state index contributed by atoms with van der Waals surface area (Å²) < 4.78 is 0. The summed E-state index contributed by atoms with van der Waals surface area (Å²) in [7, 11) is 0. The van der Waals surface area contributed by atoms with Gasteiger partial charge < -0.3 is 0 Å². The molecule has 88 valence electrons. The van der Waals surface area contributed by atoms with Crippen molar-refractivity contribution >= 4 is 0 Å². The Balaban J connectivity index is 1.69. The van der Waals surface area contributed by atoms with E-state index in [0.717, 1.165) is 6.42 Å². The summed E-state index contributed by atoms with van der Waals surface area (Å²) in [6.07, 6.45) is 6.53. The van der Waals surface area contributed by atoms with Gasteiger partial charge in [-0.25, -0.2) is 0 Å². The van der Waals surface area contributed by atoms with Crippen molar-refractivity contribution < 1.29 is 4.84 Å².